The third-order valence-electron chi connectivity index (χ3n) is 3.77. The van der Waals surface area contributed by atoms with Gasteiger partial charge in [-0.2, -0.15) is 0 Å². The lowest BCUT2D eigenvalue weighted by Gasteiger charge is -2.15. The average Bonchev–Trinajstić information content (AvgIpc) is 3.10. The molecule has 0 fully saturated rings. The van der Waals surface area contributed by atoms with E-state index in [4.69, 9.17) is 9.15 Å². The number of carbonyl (C=O) groups excluding carboxylic acids is 2. The Balaban J connectivity index is 2.11. The van der Waals surface area contributed by atoms with E-state index in [1.54, 1.807) is 19.3 Å². The van der Waals surface area contributed by atoms with Gasteiger partial charge in [0.05, 0.1) is 18.4 Å². The predicted molar refractivity (Wildman–Crippen MR) is 89.9 cm³/mol. The lowest BCUT2D eigenvalue weighted by atomic mass is 10.2. The van der Waals surface area contributed by atoms with Gasteiger partial charge >= 0.3 is 5.97 Å². The van der Waals surface area contributed by atoms with Crippen molar-refractivity contribution in [2.24, 2.45) is 0 Å². The van der Waals surface area contributed by atoms with Gasteiger partial charge in [0.15, 0.2) is 6.10 Å². The minimum Gasteiger partial charge on any atom is -0.467 e. The molecule has 130 valence electrons. The van der Waals surface area contributed by atoms with Crippen molar-refractivity contribution in [1.29, 1.82) is 0 Å². The van der Waals surface area contributed by atoms with Gasteiger partial charge in [0, 0.05) is 17.4 Å². The number of nitrogens with zero attached hydrogens (tertiary/aromatic N) is 1. The molecule has 0 bridgehead atoms. The van der Waals surface area contributed by atoms with E-state index in [1.807, 2.05) is 44.4 Å². The quantitative estimate of drug-likeness (QED) is 0.826. The van der Waals surface area contributed by atoms with Crippen LogP contribution in [0.4, 0.5) is 0 Å². The minimum absolute atomic E-state index is 0.00277. The fourth-order valence-corrected chi connectivity index (χ4v) is 2.49. The highest BCUT2D eigenvalue weighted by molar-refractivity contribution is 5.93. The van der Waals surface area contributed by atoms with Crippen molar-refractivity contribution in [3.63, 3.8) is 0 Å². The summed E-state index contributed by atoms with van der Waals surface area (Å²) in [5.74, 6) is 0.00402. The maximum absolute atomic E-state index is 12.4. The molecule has 0 saturated heterocycles. The number of hydrogen-bond acceptors (Lipinski definition) is 4. The first kappa shape index (κ1) is 17.8. The molecule has 0 aromatic carbocycles. The fourth-order valence-electron chi connectivity index (χ4n) is 2.49. The first-order chi connectivity index (χ1) is 11.3. The van der Waals surface area contributed by atoms with Gasteiger partial charge in [0.2, 0.25) is 0 Å². The maximum Gasteiger partial charge on any atom is 0.340 e. The maximum atomic E-state index is 12.4. The number of rotatable bonds is 6. The molecule has 0 aliphatic rings. The molecule has 0 unspecified atom stereocenters. The number of aryl methyl sites for hydroxylation is 1. The molecule has 0 aliphatic carbocycles. The van der Waals surface area contributed by atoms with Crippen LogP contribution < -0.4 is 5.32 Å². The number of carbonyl (C=O) groups is 2. The van der Waals surface area contributed by atoms with E-state index in [2.05, 4.69) is 5.32 Å². The molecule has 2 rings (SSSR count). The Bertz CT molecular complexity index is 714. The van der Waals surface area contributed by atoms with Gasteiger partial charge in [0.1, 0.15) is 5.76 Å². The molecule has 0 spiro atoms. The second kappa shape index (κ2) is 7.38. The highest BCUT2D eigenvalue weighted by atomic mass is 16.5. The summed E-state index contributed by atoms with van der Waals surface area (Å²) in [4.78, 5) is 24.3. The highest BCUT2D eigenvalue weighted by Crippen LogP contribution is 2.19. The Kier molecular flexibility index (Phi) is 5.49. The van der Waals surface area contributed by atoms with E-state index in [9.17, 15) is 9.59 Å². The molecular weight excluding hydrogens is 308 g/mol. The van der Waals surface area contributed by atoms with Gasteiger partial charge in [-0.25, -0.2) is 4.79 Å². The first-order valence-electron chi connectivity index (χ1n) is 8.00. The van der Waals surface area contributed by atoms with Crippen LogP contribution in [0.15, 0.2) is 28.9 Å². The molecule has 0 radical (unpaired) electrons. The Morgan fingerprint density at radius 3 is 2.58 bits per heavy atom. The topological polar surface area (TPSA) is 73.5 Å². The number of nitrogens with one attached hydrogen (secondary N) is 1. The van der Waals surface area contributed by atoms with Crippen molar-refractivity contribution in [2.45, 2.75) is 53.3 Å². The zero-order chi connectivity index (χ0) is 17.9. The van der Waals surface area contributed by atoms with Crippen LogP contribution in [-0.4, -0.2) is 28.6 Å². The number of aromatic nitrogens is 1. The van der Waals surface area contributed by atoms with Gasteiger partial charge in [-0.1, -0.05) is 0 Å². The number of furan rings is 1. The zero-order valence-corrected chi connectivity index (χ0v) is 14.8. The summed E-state index contributed by atoms with van der Waals surface area (Å²) in [7, 11) is 0. The Morgan fingerprint density at radius 1 is 1.29 bits per heavy atom. The highest BCUT2D eigenvalue weighted by Gasteiger charge is 2.23. The number of amides is 1. The summed E-state index contributed by atoms with van der Waals surface area (Å²) in [6.07, 6.45) is 0.779. The van der Waals surface area contributed by atoms with Crippen molar-refractivity contribution in [2.75, 3.05) is 0 Å². The lowest BCUT2D eigenvalue weighted by molar-refractivity contribution is -0.129. The summed E-state index contributed by atoms with van der Waals surface area (Å²) in [6.45, 7) is 9.59. The monoisotopic (exact) mass is 332 g/mol. The molecule has 6 nitrogen and oxygen atoms in total. The standard InChI is InChI=1S/C18H24N2O4/c1-11(2)19-17(21)14(5)24-18(22)16-9-12(3)20(13(16)4)10-15-7-6-8-23-15/h6-9,11,14H,10H2,1-5H3,(H,19,21)/t14-/m1/s1. The van der Waals surface area contributed by atoms with Crippen molar-refractivity contribution >= 4 is 11.9 Å². The van der Waals surface area contributed by atoms with Gasteiger partial charge in [-0.15, -0.1) is 0 Å². The van der Waals surface area contributed by atoms with Crippen molar-refractivity contribution in [3.05, 3.63) is 47.2 Å². The average molecular weight is 332 g/mol. The van der Waals surface area contributed by atoms with Gasteiger partial charge in [0.25, 0.3) is 5.91 Å². The van der Waals surface area contributed by atoms with Crippen LogP contribution in [0.5, 0.6) is 0 Å². The van der Waals surface area contributed by atoms with Crippen LogP contribution in [0, 0.1) is 13.8 Å². The normalized spacial score (nSPS) is 12.2. The van der Waals surface area contributed by atoms with E-state index in [-0.39, 0.29) is 11.9 Å². The molecule has 1 amide bonds. The molecule has 1 N–H and O–H groups in total. The summed E-state index contributed by atoms with van der Waals surface area (Å²) in [5, 5.41) is 2.73. The predicted octanol–water partition coefficient (Wildman–Crippen LogP) is 2.82. The van der Waals surface area contributed by atoms with Gasteiger partial charge in [-0.05, 0) is 52.8 Å². The lowest BCUT2D eigenvalue weighted by Crippen LogP contribution is -2.39. The molecule has 2 aromatic rings. The van der Waals surface area contributed by atoms with Crippen molar-refractivity contribution in [1.82, 2.24) is 9.88 Å². The van der Waals surface area contributed by atoms with E-state index >= 15 is 0 Å². The van der Waals surface area contributed by atoms with Crippen LogP contribution in [-0.2, 0) is 16.1 Å². The first-order valence-corrected chi connectivity index (χ1v) is 8.00. The Morgan fingerprint density at radius 2 is 2.00 bits per heavy atom. The van der Waals surface area contributed by atoms with Gasteiger partial charge in [-0.3, -0.25) is 4.79 Å². The summed E-state index contributed by atoms with van der Waals surface area (Å²) in [5.41, 5.74) is 2.17. The van der Waals surface area contributed by atoms with Crippen LogP contribution in [0.2, 0.25) is 0 Å². The molecule has 1 atom stereocenters. The summed E-state index contributed by atoms with van der Waals surface area (Å²) in [6, 6.07) is 5.48. The smallest absolute Gasteiger partial charge is 0.340 e. The number of esters is 1. The third-order valence-corrected chi connectivity index (χ3v) is 3.77. The summed E-state index contributed by atoms with van der Waals surface area (Å²) < 4.78 is 12.6. The molecule has 24 heavy (non-hydrogen) atoms. The Labute approximate surface area is 141 Å². The van der Waals surface area contributed by atoms with E-state index in [1.165, 1.54) is 0 Å². The van der Waals surface area contributed by atoms with Crippen LogP contribution in [0.1, 0.15) is 48.3 Å². The van der Waals surface area contributed by atoms with E-state index < -0.39 is 12.1 Å². The van der Waals surface area contributed by atoms with E-state index in [0.717, 1.165) is 17.1 Å². The zero-order valence-electron chi connectivity index (χ0n) is 14.8. The van der Waals surface area contributed by atoms with Crippen LogP contribution in [0.3, 0.4) is 0 Å². The SMILES string of the molecule is Cc1cc(C(=O)O[C@H](C)C(=O)NC(C)C)c(C)n1Cc1ccco1. The molecule has 6 heteroatoms. The molecule has 0 aliphatic heterocycles. The van der Waals surface area contributed by atoms with E-state index in [0.29, 0.717) is 12.1 Å². The van der Waals surface area contributed by atoms with Crippen LogP contribution >= 0.6 is 0 Å². The molecule has 0 saturated carbocycles. The second-order valence-electron chi connectivity index (χ2n) is 6.16. The fraction of sp³-hybridized carbons (Fsp3) is 0.444. The number of ether oxygens (including phenoxy) is 1. The summed E-state index contributed by atoms with van der Waals surface area (Å²) >= 11 is 0. The molecular formula is C18H24N2O4. The van der Waals surface area contributed by atoms with Crippen molar-refractivity contribution in [3.8, 4) is 0 Å². The molecule has 2 heterocycles. The minimum atomic E-state index is -0.840. The largest absolute Gasteiger partial charge is 0.467 e. The van der Waals surface area contributed by atoms with Crippen LogP contribution in [0.25, 0.3) is 0 Å². The second-order valence-corrected chi connectivity index (χ2v) is 6.16. The van der Waals surface area contributed by atoms with Gasteiger partial charge < -0.3 is 19.0 Å². The third kappa shape index (κ3) is 4.07. The number of hydrogen-bond donors (Lipinski definition) is 1. The molecule has 2 aromatic heterocycles. The Hall–Kier alpha value is -2.50. The van der Waals surface area contributed by atoms with Crippen molar-refractivity contribution < 1.29 is 18.7 Å².